The third-order valence-electron chi connectivity index (χ3n) is 5.48. The van der Waals surface area contributed by atoms with Gasteiger partial charge in [0, 0.05) is 51.6 Å². The quantitative estimate of drug-likeness (QED) is 0.532. The van der Waals surface area contributed by atoms with Gasteiger partial charge in [-0.25, -0.2) is 0 Å². The van der Waals surface area contributed by atoms with Crippen LogP contribution in [-0.2, 0) is 11.3 Å². The predicted molar refractivity (Wildman–Crippen MR) is 113 cm³/mol. The van der Waals surface area contributed by atoms with Gasteiger partial charge in [-0.1, -0.05) is 12.1 Å². The summed E-state index contributed by atoms with van der Waals surface area (Å²) >= 11 is 2.01. The van der Waals surface area contributed by atoms with Gasteiger partial charge in [0.05, 0.1) is 13.2 Å². The summed E-state index contributed by atoms with van der Waals surface area (Å²) < 4.78 is 34.5. The molecule has 6 nitrogen and oxygen atoms in total. The summed E-state index contributed by atoms with van der Waals surface area (Å²) in [4.78, 5) is 9.04. The van der Waals surface area contributed by atoms with E-state index in [0.29, 0.717) is 6.54 Å². The van der Waals surface area contributed by atoms with Crippen LogP contribution in [0.25, 0.3) is 0 Å². The Morgan fingerprint density at radius 2 is 2.07 bits per heavy atom. The third kappa shape index (κ3) is 5.96. The molecule has 2 aliphatic heterocycles. The van der Waals surface area contributed by atoms with Crippen LogP contribution < -0.4 is 10.1 Å². The Kier molecular flexibility index (Phi) is 7.97. The number of benzene rings is 1. The molecule has 0 aliphatic carbocycles. The fourth-order valence-corrected chi connectivity index (χ4v) is 5.37. The maximum atomic E-state index is 12.3. The second kappa shape index (κ2) is 10.4. The average molecular weight is 429 g/mol. The van der Waals surface area contributed by atoms with E-state index in [1.807, 2.05) is 23.7 Å². The van der Waals surface area contributed by atoms with Crippen molar-refractivity contribution in [3.05, 3.63) is 29.8 Å². The molecular weight excluding hydrogens is 398 g/mol. The molecule has 0 spiro atoms. The standard InChI is InChI=1S/C20H30F2N4O2S/c1-23-19(25(2)13-16-3-5-17(6-4-16)28-18(21)22)24-14-20(7-12-29-15-20)26-8-10-27-11-9-26/h3-6,18H,7-15H2,1-2H3,(H,23,24). The minimum atomic E-state index is -2.81. The average Bonchev–Trinajstić information content (AvgIpc) is 3.20. The Labute approximate surface area is 175 Å². The highest BCUT2D eigenvalue weighted by Gasteiger charge is 2.40. The third-order valence-corrected chi connectivity index (χ3v) is 6.72. The molecule has 1 N–H and O–H groups in total. The monoisotopic (exact) mass is 428 g/mol. The maximum absolute atomic E-state index is 12.3. The van der Waals surface area contributed by atoms with Gasteiger partial charge < -0.3 is 19.7 Å². The first-order valence-corrected chi connectivity index (χ1v) is 11.0. The molecule has 0 bridgehead atoms. The largest absolute Gasteiger partial charge is 0.435 e. The molecule has 1 atom stereocenters. The molecule has 0 amide bonds. The van der Waals surface area contributed by atoms with Crippen molar-refractivity contribution in [3.8, 4) is 5.75 Å². The summed E-state index contributed by atoms with van der Waals surface area (Å²) in [6, 6.07) is 6.72. The molecule has 3 rings (SSSR count). The van der Waals surface area contributed by atoms with Gasteiger partial charge in [0.1, 0.15) is 5.75 Å². The van der Waals surface area contributed by atoms with Gasteiger partial charge in [0.2, 0.25) is 0 Å². The molecule has 0 aromatic heterocycles. The molecular formula is C20H30F2N4O2S. The van der Waals surface area contributed by atoms with Crippen LogP contribution in [0.1, 0.15) is 12.0 Å². The first-order valence-electron chi connectivity index (χ1n) is 9.88. The van der Waals surface area contributed by atoms with Crippen LogP contribution in [0.15, 0.2) is 29.3 Å². The van der Waals surface area contributed by atoms with E-state index in [0.717, 1.165) is 56.5 Å². The number of halogens is 2. The van der Waals surface area contributed by atoms with Gasteiger partial charge in [0.15, 0.2) is 5.96 Å². The van der Waals surface area contributed by atoms with E-state index < -0.39 is 6.61 Å². The lowest BCUT2D eigenvalue weighted by molar-refractivity contribution is -0.0498. The lowest BCUT2D eigenvalue weighted by Gasteiger charge is -2.43. The number of thioether (sulfide) groups is 1. The number of nitrogens with zero attached hydrogens (tertiary/aromatic N) is 3. The first kappa shape index (κ1) is 22.1. The number of rotatable bonds is 7. The predicted octanol–water partition coefficient (Wildman–Crippen LogP) is 2.50. The van der Waals surface area contributed by atoms with Crippen LogP contribution in [0.2, 0.25) is 0 Å². The smallest absolute Gasteiger partial charge is 0.387 e. The van der Waals surface area contributed by atoms with Crippen molar-refractivity contribution in [1.29, 1.82) is 0 Å². The molecule has 162 valence electrons. The number of hydrogen-bond donors (Lipinski definition) is 1. The molecule has 2 saturated heterocycles. The zero-order valence-electron chi connectivity index (χ0n) is 17.1. The van der Waals surface area contributed by atoms with Gasteiger partial charge in [-0.05, 0) is 29.9 Å². The van der Waals surface area contributed by atoms with Gasteiger partial charge in [-0.15, -0.1) is 0 Å². The van der Waals surface area contributed by atoms with E-state index in [1.165, 1.54) is 5.75 Å². The van der Waals surface area contributed by atoms with E-state index in [2.05, 4.69) is 19.9 Å². The van der Waals surface area contributed by atoms with E-state index >= 15 is 0 Å². The Balaban J connectivity index is 1.57. The number of hydrogen-bond acceptors (Lipinski definition) is 5. The van der Waals surface area contributed by atoms with Crippen LogP contribution in [0.4, 0.5) is 8.78 Å². The Morgan fingerprint density at radius 1 is 1.34 bits per heavy atom. The molecule has 1 aromatic carbocycles. The maximum Gasteiger partial charge on any atom is 0.387 e. The molecule has 29 heavy (non-hydrogen) atoms. The fourth-order valence-electron chi connectivity index (χ4n) is 3.89. The topological polar surface area (TPSA) is 49.3 Å². The van der Waals surface area contributed by atoms with Crippen LogP contribution in [0, 0.1) is 0 Å². The van der Waals surface area contributed by atoms with Crippen molar-refractivity contribution in [2.75, 3.05) is 58.4 Å². The molecule has 9 heteroatoms. The van der Waals surface area contributed by atoms with Crippen molar-refractivity contribution in [2.45, 2.75) is 25.1 Å². The number of ether oxygens (including phenoxy) is 2. The molecule has 2 heterocycles. The van der Waals surface area contributed by atoms with Gasteiger partial charge in [0.25, 0.3) is 0 Å². The van der Waals surface area contributed by atoms with Gasteiger partial charge in [-0.3, -0.25) is 9.89 Å². The summed E-state index contributed by atoms with van der Waals surface area (Å²) in [5.41, 5.74) is 1.14. The number of aliphatic imine (C=N–C) groups is 1. The molecule has 1 unspecified atom stereocenters. The number of alkyl halides is 2. The lowest BCUT2D eigenvalue weighted by Crippen LogP contribution is -2.60. The first-order chi connectivity index (χ1) is 14.0. The summed E-state index contributed by atoms with van der Waals surface area (Å²) in [5, 5.41) is 3.56. The van der Waals surface area contributed by atoms with Crippen LogP contribution >= 0.6 is 11.8 Å². The normalized spacial score (nSPS) is 23.4. The Hall–Kier alpha value is -1.58. The van der Waals surface area contributed by atoms with Crippen molar-refractivity contribution >= 4 is 17.7 Å². The fraction of sp³-hybridized carbons (Fsp3) is 0.650. The number of nitrogens with one attached hydrogen (secondary N) is 1. The molecule has 0 saturated carbocycles. The van der Waals surface area contributed by atoms with Gasteiger partial charge >= 0.3 is 6.61 Å². The Morgan fingerprint density at radius 3 is 2.66 bits per heavy atom. The summed E-state index contributed by atoms with van der Waals surface area (Å²) in [5.74, 6) is 3.29. The minimum Gasteiger partial charge on any atom is -0.435 e. The van der Waals surface area contributed by atoms with E-state index in [9.17, 15) is 8.78 Å². The zero-order valence-corrected chi connectivity index (χ0v) is 17.9. The van der Waals surface area contributed by atoms with Crippen LogP contribution in [0.3, 0.4) is 0 Å². The number of guanidine groups is 1. The van der Waals surface area contributed by atoms with Crippen LogP contribution in [0.5, 0.6) is 5.75 Å². The SMILES string of the molecule is CN=C(NCC1(N2CCOCC2)CCSC1)N(C)Cc1ccc(OC(F)F)cc1. The minimum absolute atomic E-state index is 0.138. The van der Waals surface area contributed by atoms with Crippen molar-refractivity contribution < 1.29 is 18.3 Å². The van der Waals surface area contributed by atoms with Gasteiger partial charge in [-0.2, -0.15) is 20.5 Å². The highest BCUT2D eigenvalue weighted by molar-refractivity contribution is 7.99. The number of morpholine rings is 1. The second-order valence-electron chi connectivity index (χ2n) is 7.41. The summed E-state index contributed by atoms with van der Waals surface area (Å²) in [7, 11) is 3.76. The molecule has 2 aliphatic rings. The lowest BCUT2D eigenvalue weighted by atomic mass is 9.95. The highest BCUT2D eigenvalue weighted by Crippen LogP contribution is 2.33. The summed E-state index contributed by atoms with van der Waals surface area (Å²) in [6.45, 7) is 2.21. The zero-order chi connectivity index (χ0) is 20.7. The van der Waals surface area contributed by atoms with Crippen LogP contribution in [-0.4, -0.2) is 86.4 Å². The summed E-state index contributed by atoms with van der Waals surface area (Å²) in [6.07, 6.45) is 1.16. The molecule has 2 fully saturated rings. The second-order valence-corrected chi connectivity index (χ2v) is 8.51. The van der Waals surface area contributed by atoms with E-state index in [-0.39, 0.29) is 11.3 Å². The van der Waals surface area contributed by atoms with E-state index in [1.54, 1.807) is 31.3 Å². The van der Waals surface area contributed by atoms with Crippen molar-refractivity contribution in [2.24, 2.45) is 4.99 Å². The van der Waals surface area contributed by atoms with Crippen molar-refractivity contribution in [3.63, 3.8) is 0 Å². The highest BCUT2D eigenvalue weighted by atomic mass is 32.2. The van der Waals surface area contributed by atoms with Crippen molar-refractivity contribution in [1.82, 2.24) is 15.1 Å². The Bertz CT molecular complexity index is 663. The molecule has 1 aromatic rings. The molecule has 0 radical (unpaired) electrons. The van der Waals surface area contributed by atoms with E-state index in [4.69, 9.17) is 4.74 Å².